The first kappa shape index (κ1) is 31.7. The monoisotopic (exact) mass is 619 g/mol. The summed E-state index contributed by atoms with van der Waals surface area (Å²) in [4.78, 5) is 29.5. The second-order valence-corrected chi connectivity index (χ2v) is 12.5. The van der Waals surface area contributed by atoms with Crippen molar-refractivity contribution in [2.75, 3.05) is 19.9 Å². The lowest BCUT2D eigenvalue weighted by Gasteiger charge is -2.33. The first-order chi connectivity index (χ1) is 20.6. The molecule has 1 N–H and O–H groups in total. The number of hydrogen-bond donors (Lipinski definition) is 1. The Labute approximate surface area is 257 Å². The smallest absolute Gasteiger partial charge is 0.247 e. The van der Waals surface area contributed by atoms with Gasteiger partial charge in [-0.05, 0) is 46.5 Å². The molecule has 0 aromatic heterocycles. The van der Waals surface area contributed by atoms with Crippen LogP contribution in [0.4, 0.5) is 0 Å². The van der Waals surface area contributed by atoms with E-state index in [0.717, 1.165) is 27.3 Å². The van der Waals surface area contributed by atoms with Gasteiger partial charge in [-0.2, -0.15) is 4.31 Å². The molecule has 0 saturated heterocycles. The molecule has 10 heteroatoms. The highest BCUT2D eigenvalue weighted by atomic mass is 35.5. The molecule has 8 nitrogen and oxygen atoms in total. The third kappa shape index (κ3) is 9.15. The minimum absolute atomic E-state index is 0.0138. The number of rotatable bonds is 13. The van der Waals surface area contributed by atoms with Crippen LogP contribution in [-0.2, 0) is 39.2 Å². The van der Waals surface area contributed by atoms with E-state index in [4.69, 9.17) is 16.3 Å². The summed E-state index contributed by atoms with van der Waals surface area (Å²) in [5.41, 5.74) is 2.91. The maximum Gasteiger partial charge on any atom is 0.247 e. The van der Waals surface area contributed by atoms with E-state index in [1.54, 1.807) is 79.9 Å². The highest BCUT2D eigenvalue weighted by Gasteiger charge is 2.33. The number of nitrogens with one attached hydrogen (secondary N) is 1. The van der Waals surface area contributed by atoms with Crippen LogP contribution in [0.3, 0.4) is 0 Å². The predicted molar refractivity (Wildman–Crippen MR) is 168 cm³/mol. The largest absolute Gasteiger partial charge is 0.497 e. The SMILES string of the molecule is COc1ccc(CNC(=O)[C@H](c2ccccc2)N(Cc2ccc(Cl)cc2)C(=O)CN(Cc2ccccc2)S(C)(=O)=O)cc1. The van der Waals surface area contributed by atoms with E-state index in [1.165, 1.54) is 4.90 Å². The molecule has 0 radical (unpaired) electrons. The van der Waals surface area contributed by atoms with Crippen LogP contribution in [0.15, 0.2) is 109 Å². The first-order valence-corrected chi connectivity index (χ1v) is 15.8. The van der Waals surface area contributed by atoms with Crippen LogP contribution in [0.5, 0.6) is 5.75 Å². The van der Waals surface area contributed by atoms with Gasteiger partial charge in [0.2, 0.25) is 21.8 Å². The second-order valence-electron chi connectivity index (χ2n) is 10.0. The molecule has 0 bridgehead atoms. The number of carbonyl (C=O) groups excluding carboxylic acids is 2. The molecule has 4 aromatic rings. The fourth-order valence-corrected chi connectivity index (χ4v) is 5.42. The average molecular weight is 620 g/mol. The molecule has 0 fully saturated rings. The van der Waals surface area contributed by atoms with E-state index in [9.17, 15) is 18.0 Å². The van der Waals surface area contributed by atoms with E-state index < -0.39 is 34.4 Å². The second kappa shape index (κ2) is 14.8. The summed E-state index contributed by atoms with van der Waals surface area (Å²) >= 11 is 6.11. The molecule has 0 saturated carbocycles. The average Bonchev–Trinajstić information content (AvgIpc) is 3.01. The van der Waals surface area contributed by atoms with Gasteiger partial charge < -0.3 is 15.0 Å². The summed E-state index contributed by atoms with van der Waals surface area (Å²) in [5, 5.41) is 3.49. The number of nitrogens with zero attached hydrogens (tertiary/aromatic N) is 2. The fourth-order valence-electron chi connectivity index (χ4n) is 4.57. The van der Waals surface area contributed by atoms with Gasteiger partial charge >= 0.3 is 0 Å². The van der Waals surface area contributed by atoms with Gasteiger partial charge in [0.05, 0.1) is 19.9 Å². The van der Waals surface area contributed by atoms with Gasteiger partial charge in [-0.25, -0.2) is 8.42 Å². The van der Waals surface area contributed by atoms with Crippen molar-refractivity contribution in [3.63, 3.8) is 0 Å². The molecule has 0 heterocycles. The van der Waals surface area contributed by atoms with Crippen molar-refractivity contribution in [1.82, 2.24) is 14.5 Å². The zero-order valence-corrected chi connectivity index (χ0v) is 25.6. The van der Waals surface area contributed by atoms with Crippen LogP contribution in [0.2, 0.25) is 5.02 Å². The lowest BCUT2D eigenvalue weighted by Crippen LogP contribution is -2.47. The van der Waals surface area contributed by atoms with Crippen molar-refractivity contribution in [1.29, 1.82) is 0 Å². The molecular weight excluding hydrogens is 586 g/mol. The number of hydrogen-bond acceptors (Lipinski definition) is 5. The van der Waals surface area contributed by atoms with Gasteiger partial charge in [0.1, 0.15) is 11.8 Å². The Bertz CT molecular complexity index is 1600. The van der Waals surface area contributed by atoms with Gasteiger partial charge in [0.25, 0.3) is 0 Å². The van der Waals surface area contributed by atoms with E-state index in [-0.39, 0.29) is 19.6 Å². The van der Waals surface area contributed by atoms with Crippen molar-refractivity contribution < 1.29 is 22.7 Å². The molecule has 4 rings (SSSR count). The number of halogens is 1. The van der Waals surface area contributed by atoms with Gasteiger partial charge in [0, 0.05) is 24.7 Å². The van der Waals surface area contributed by atoms with Crippen LogP contribution in [0.25, 0.3) is 0 Å². The lowest BCUT2D eigenvalue weighted by atomic mass is 10.0. The highest BCUT2D eigenvalue weighted by molar-refractivity contribution is 7.88. The van der Waals surface area contributed by atoms with Gasteiger partial charge in [0.15, 0.2) is 0 Å². The topological polar surface area (TPSA) is 96.0 Å². The molecule has 43 heavy (non-hydrogen) atoms. The van der Waals surface area contributed by atoms with E-state index in [0.29, 0.717) is 16.3 Å². The van der Waals surface area contributed by atoms with Crippen molar-refractivity contribution in [2.24, 2.45) is 0 Å². The molecule has 224 valence electrons. The summed E-state index contributed by atoms with van der Waals surface area (Å²) in [6, 6.07) is 31.2. The normalized spacial score (nSPS) is 12.0. The Morgan fingerprint density at radius 2 is 1.35 bits per heavy atom. The van der Waals surface area contributed by atoms with Crippen LogP contribution in [0, 0.1) is 0 Å². The fraction of sp³-hybridized carbons (Fsp3) is 0.212. The molecule has 0 aliphatic heterocycles. The molecule has 2 amide bonds. The van der Waals surface area contributed by atoms with Crippen LogP contribution < -0.4 is 10.1 Å². The number of methoxy groups -OCH3 is 1. The first-order valence-electron chi connectivity index (χ1n) is 13.6. The number of amides is 2. The van der Waals surface area contributed by atoms with Crippen molar-refractivity contribution in [3.8, 4) is 5.75 Å². The molecule has 0 aliphatic rings. The molecule has 0 aliphatic carbocycles. The maximum atomic E-state index is 14.1. The summed E-state index contributed by atoms with van der Waals surface area (Å²) < 4.78 is 32.0. The Kier molecular flexibility index (Phi) is 10.9. The summed E-state index contributed by atoms with van der Waals surface area (Å²) in [5.74, 6) is -0.231. The zero-order chi connectivity index (χ0) is 30.8. The molecule has 4 aromatic carbocycles. The van der Waals surface area contributed by atoms with Gasteiger partial charge in [-0.3, -0.25) is 9.59 Å². The predicted octanol–water partition coefficient (Wildman–Crippen LogP) is 5.20. The van der Waals surface area contributed by atoms with Crippen molar-refractivity contribution >= 4 is 33.4 Å². The summed E-state index contributed by atoms with van der Waals surface area (Å²) in [6.45, 7) is -0.163. The number of carbonyl (C=O) groups is 2. The number of benzene rings is 4. The van der Waals surface area contributed by atoms with E-state index in [1.807, 2.05) is 36.4 Å². The summed E-state index contributed by atoms with van der Waals surface area (Å²) in [6.07, 6.45) is 1.07. The van der Waals surface area contributed by atoms with Gasteiger partial charge in [-0.1, -0.05) is 96.5 Å². The minimum atomic E-state index is -3.78. The van der Waals surface area contributed by atoms with E-state index >= 15 is 0 Å². The quantitative estimate of drug-likeness (QED) is 0.222. The van der Waals surface area contributed by atoms with E-state index in [2.05, 4.69) is 5.32 Å². The maximum absolute atomic E-state index is 14.1. The van der Waals surface area contributed by atoms with Crippen LogP contribution >= 0.6 is 11.6 Å². The lowest BCUT2D eigenvalue weighted by molar-refractivity contribution is -0.141. The van der Waals surface area contributed by atoms with Crippen molar-refractivity contribution in [2.45, 2.75) is 25.7 Å². The Balaban J connectivity index is 1.68. The zero-order valence-electron chi connectivity index (χ0n) is 24.0. The Morgan fingerprint density at radius 1 is 0.791 bits per heavy atom. The number of sulfonamides is 1. The van der Waals surface area contributed by atoms with Crippen molar-refractivity contribution in [3.05, 3.63) is 136 Å². The molecular formula is C33H34ClN3O5S. The molecule has 0 unspecified atom stereocenters. The Hall–Kier alpha value is -4.18. The third-order valence-electron chi connectivity index (χ3n) is 6.87. The third-order valence-corrected chi connectivity index (χ3v) is 8.32. The number of ether oxygens (including phenoxy) is 1. The van der Waals surface area contributed by atoms with Crippen LogP contribution in [-0.4, -0.2) is 49.3 Å². The van der Waals surface area contributed by atoms with Crippen LogP contribution in [0.1, 0.15) is 28.3 Å². The standard InChI is InChI=1S/C33H34ClN3O5S/c1-42-30-19-15-25(16-20-30)21-35-33(39)32(28-11-7-4-8-12-28)37(23-27-13-17-29(34)18-14-27)31(38)24-36(43(2,40)41)22-26-9-5-3-6-10-26/h3-20,32H,21-24H2,1-2H3,(H,35,39)/t32-/m0/s1. The minimum Gasteiger partial charge on any atom is -0.497 e. The Morgan fingerprint density at radius 3 is 1.93 bits per heavy atom. The highest BCUT2D eigenvalue weighted by Crippen LogP contribution is 2.26. The molecule has 1 atom stereocenters. The summed E-state index contributed by atoms with van der Waals surface area (Å²) in [7, 11) is -2.19. The van der Waals surface area contributed by atoms with Gasteiger partial charge in [-0.15, -0.1) is 0 Å². The molecule has 0 spiro atoms.